The highest BCUT2D eigenvalue weighted by Crippen LogP contribution is 2.36. The van der Waals surface area contributed by atoms with Crippen LogP contribution in [-0.2, 0) is 4.74 Å². The van der Waals surface area contributed by atoms with E-state index in [4.69, 9.17) is 14.2 Å². The average molecular weight is 224 g/mol. The van der Waals surface area contributed by atoms with Crippen LogP contribution < -0.4 is 9.47 Å². The summed E-state index contributed by atoms with van der Waals surface area (Å²) < 4.78 is 16.0. The maximum atomic E-state index is 9.66. The molecule has 0 bridgehead atoms. The highest BCUT2D eigenvalue weighted by atomic mass is 16.6. The van der Waals surface area contributed by atoms with E-state index in [0.717, 1.165) is 5.56 Å². The highest BCUT2D eigenvalue weighted by molar-refractivity contribution is 5.47. The van der Waals surface area contributed by atoms with Gasteiger partial charge >= 0.3 is 0 Å². The van der Waals surface area contributed by atoms with Crippen molar-refractivity contribution in [2.45, 2.75) is 19.1 Å². The fourth-order valence-corrected chi connectivity index (χ4v) is 1.60. The van der Waals surface area contributed by atoms with E-state index in [-0.39, 0.29) is 6.10 Å². The van der Waals surface area contributed by atoms with Crippen LogP contribution in [0.15, 0.2) is 18.2 Å². The summed E-state index contributed by atoms with van der Waals surface area (Å²) in [6.45, 7) is 2.90. The molecule has 1 aliphatic rings. The summed E-state index contributed by atoms with van der Waals surface area (Å²) in [5.41, 5.74) is 0.742. The Bertz CT molecular complexity index is 358. The van der Waals surface area contributed by atoms with Gasteiger partial charge in [0.25, 0.3) is 0 Å². The number of hydrogen-bond donors (Lipinski definition) is 1. The molecule has 1 unspecified atom stereocenters. The summed E-state index contributed by atoms with van der Waals surface area (Å²) >= 11 is 0. The van der Waals surface area contributed by atoms with Gasteiger partial charge < -0.3 is 19.3 Å². The molecule has 1 aliphatic heterocycles. The summed E-state index contributed by atoms with van der Waals surface area (Å²) in [5.74, 6) is 1.26. The van der Waals surface area contributed by atoms with Crippen LogP contribution in [0, 0.1) is 0 Å². The van der Waals surface area contributed by atoms with Gasteiger partial charge in [0, 0.05) is 5.56 Å². The van der Waals surface area contributed by atoms with Gasteiger partial charge in [-0.05, 0) is 13.0 Å². The van der Waals surface area contributed by atoms with Crippen LogP contribution in [0.2, 0.25) is 0 Å². The molecule has 0 saturated carbocycles. The smallest absolute Gasteiger partial charge is 0.167 e. The molecule has 0 spiro atoms. The SMILES string of the molecule is COc1cccc(C(C)O)c1OC1COC1. The van der Waals surface area contributed by atoms with Crippen molar-refractivity contribution in [2.75, 3.05) is 20.3 Å². The number of para-hydroxylation sites is 1. The molecule has 1 aromatic carbocycles. The molecular formula is C12H16O4. The van der Waals surface area contributed by atoms with Gasteiger partial charge in [0.2, 0.25) is 0 Å². The zero-order valence-electron chi connectivity index (χ0n) is 9.47. The fourth-order valence-electron chi connectivity index (χ4n) is 1.60. The van der Waals surface area contributed by atoms with Crippen molar-refractivity contribution in [1.82, 2.24) is 0 Å². The first-order valence-electron chi connectivity index (χ1n) is 5.31. The van der Waals surface area contributed by atoms with Crippen LogP contribution in [0.3, 0.4) is 0 Å². The van der Waals surface area contributed by atoms with Gasteiger partial charge in [0.05, 0.1) is 26.4 Å². The monoisotopic (exact) mass is 224 g/mol. The minimum absolute atomic E-state index is 0.0637. The first-order chi connectivity index (χ1) is 7.72. The first kappa shape index (κ1) is 11.2. The van der Waals surface area contributed by atoms with Crippen molar-refractivity contribution < 1.29 is 19.3 Å². The summed E-state index contributed by atoms with van der Waals surface area (Å²) in [5, 5.41) is 9.66. The number of ether oxygens (including phenoxy) is 3. The third kappa shape index (κ3) is 2.13. The third-order valence-electron chi connectivity index (χ3n) is 2.57. The van der Waals surface area contributed by atoms with E-state index in [1.165, 1.54) is 0 Å². The predicted octanol–water partition coefficient (Wildman–Crippen LogP) is 1.53. The minimum atomic E-state index is -0.578. The van der Waals surface area contributed by atoms with E-state index in [1.54, 1.807) is 14.0 Å². The molecule has 2 rings (SSSR count). The molecule has 4 heteroatoms. The maximum Gasteiger partial charge on any atom is 0.167 e. The molecule has 1 N–H and O–H groups in total. The molecule has 0 radical (unpaired) electrons. The van der Waals surface area contributed by atoms with Crippen LogP contribution in [0.4, 0.5) is 0 Å². The highest BCUT2D eigenvalue weighted by Gasteiger charge is 2.24. The lowest BCUT2D eigenvalue weighted by atomic mass is 10.1. The number of aliphatic hydroxyl groups is 1. The number of methoxy groups -OCH3 is 1. The van der Waals surface area contributed by atoms with E-state index in [0.29, 0.717) is 24.7 Å². The third-order valence-corrected chi connectivity index (χ3v) is 2.57. The first-order valence-corrected chi connectivity index (χ1v) is 5.31. The topological polar surface area (TPSA) is 47.9 Å². The molecule has 16 heavy (non-hydrogen) atoms. The maximum absolute atomic E-state index is 9.66. The molecule has 1 fully saturated rings. The fraction of sp³-hybridized carbons (Fsp3) is 0.500. The quantitative estimate of drug-likeness (QED) is 0.842. The number of hydrogen-bond acceptors (Lipinski definition) is 4. The Kier molecular flexibility index (Phi) is 3.31. The molecule has 1 heterocycles. The van der Waals surface area contributed by atoms with E-state index < -0.39 is 6.10 Å². The summed E-state index contributed by atoms with van der Waals surface area (Å²) in [7, 11) is 1.59. The van der Waals surface area contributed by atoms with Crippen molar-refractivity contribution in [3.05, 3.63) is 23.8 Å². The van der Waals surface area contributed by atoms with Gasteiger partial charge in [-0.25, -0.2) is 0 Å². The lowest BCUT2D eigenvalue weighted by Gasteiger charge is -2.28. The van der Waals surface area contributed by atoms with Crippen LogP contribution in [0.25, 0.3) is 0 Å². The van der Waals surface area contributed by atoms with Crippen molar-refractivity contribution in [2.24, 2.45) is 0 Å². The zero-order valence-corrected chi connectivity index (χ0v) is 9.47. The second kappa shape index (κ2) is 4.72. The molecule has 4 nitrogen and oxygen atoms in total. The number of aliphatic hydroxyl groups excluding tert-OH is 1. The lowest BCUT2D eigenvalue weighted by Crippen LogP contribution is -2.38. The van der Waals surface area contributed by atoms with Crippen molar-refractivity contribution in [3.8, 4) is 11.5 Å². The minimum Gasteiger partial charge on any atom is -0.493 e. The van der Waals surface area contributed by atoms with Crippen molar-refractivity contribution in [3.63, 3.8) is 0 Å². The Balaban J connectivity index is 2.28. The Morgan fingerprint density at radius 2 is 2.19 bits per heavy atom. The van der Waals surface area contributed by atoms with E-state index in [1.807, 2.05) is 18.2 Å². The van der Waals surface area contributed by atoms with Crippen LogP contribution >= 0.6 is 0 Å². The van der Waals surface area contributed by atoms with Gasteiger partial charge in [-0.15, -0.1) is 0 Å². The predicted molar refractivity (Wildman–Crippen MR) is 58.9 cm³/mol. The molecule has 1 aromatic rings. The number of rotatable bonds is 4. The lowest BCUT2D eigenvalue weighted by molar-refractivity contribution is -0.0811. The van der Waals surface area contributed by atoms with E-state index in [9.17, 15) is 5.11 Å². The standard InChI is InChI=1S/C12H16O4/c1-8(13)10-4-3-5-11(14-2)12(10)16-9-6-15-7-9/h3-5,8-9,13H,6-7H2,1-2H3. The molecule has 1 atom stereocenters. The largest absolute Gasteiger partial charge is 0.493 e. The van der Waals surface area contributed by atoms with E-state index in [2.05, 4.69) is 0 Å². The molecule has 0 aliphatic carbocycles. The summed E-state index contributed by atoms with van der Waals surface area (Å²) in [4.78, 5) is 0. The average Bonchev–Trinajstić information content (AvgIpc) is 2.22. The molecule has 0 amide bonds. The van der Waals surface area contributed by atoms with E-state index >= 15 is 0 Å². The second-order valence-electron chi connectivity index (χ2n) is 3.83. The second-order valence-corrected chi connectivity index (χ2v) is 3.83. The van der Waals surface area contributed by atoms with Gasteiger partial charge in [-0.1, -0.05) is 12.1 Å². The number of benzene rings is 1. The Labute approximate surface area is 94.8 Å². The molecule has 88 valence electrons. The summed E-state index contributed by atoms with van der Waals surface area (Å²) in [6, 6.07) is 5.49. The van der Waals surface area contributed by atoms with Gasteiger partial charge in [0.15, 0.2) is 11.5 Å². The van der Waals surface area contributed by atoms with Gasteiger partial charge in [-0.3, -0.25) is 0 Å². The Hall–Kier alpha value is -1.26. The molecule has 1 saturated heterocycles. The Morgan fingerprint density at radius 3 is 2.69 bits per heavy atom. The van der Waals surface area contributed by atoms with Crippen LogP contribution in [0.5, 0.6) is 11.5 Å². The molecular weight excluding hydrogens is 208 g/mol. The van der Waals surface area contributed by atoms with Gasteiger partial charge in [0.1, 0.15) is 6.10 Å². The summed E-state index contributed by atoms with van der Waals surface area (Å²) in [6.07, 6.45) is -0.514. The van der Waals surface area contributed by atoms with Gasteiger partial charge in [-0.2, -0.15) is 0 Å². The normalized spacial score (nSPS) is 17.7. The van der Waals surface area contributed by atoms with Crippen LogP contribution in [0.1, 0.15) is 18.6 Å². The molecule has 0 aromatic heterocycles. The van der Waals surface area contributed by atoms with Crippen molar-refractivity contribution in [1.29, 1.82) is 0 Å². The Morgan fingerprint density at radius 1 is 1.44 bits per heavy atom. The van der Waals surface area contributed by atoms with Crippen molar-refractivity contribution >= 4 is 0 Å². The van der Waals surface area contributed by atoms with Crippen LogP contribution in [-0.4, -0.2) is 31.5 Å². The zero-order chi connectivity index (χ0) is 11.5.